The zero-order valence-electron chi connectivity index (χ0n) is 8.47. The van der Waals surface area contributed by atoms with E-state index in [1.54, 1.807) is 12.1 Å². The summed E-state index contributed by atoms with van der Waals surface area (Å²) in [5.41, 5.74) is 0.458. The number of hydrogen-bond donors (Lipinski definition) is 2. The van der Waals surface area contributed by atoms with Crippen LogP contribution in [0, 0.1) is 0 Å². The summed E-state index contributed by atoms with van der Waals surface area (Å²) in [6.45, 7) is 1.98. The molecular formula is C10H14O4S. The first-order valence-electron chi connectivity index (χ1n) is 4.75. The van der Waals surface area contributed by atoms with Crippen LogP contribution in [0.1, 0.15) is 25.3 Å². The van der Waals surface area contributed by atoms with Crippen LogP contribution >= 0.6 is 0 Å². The van der Waals surface area contributed by atoms with Crippen LogP contribution in [-0.4, -0.2) is 18.1 Å². The minimum absolute atomic E-state index is 0.363. The van der Waals surface area contributed by atoms with Crippen molar-refractivity contribution >= 4 is 10.1 Å². The normalized spacial score (nSPS) is 11.6. The predicted octanol–water partition coefficient (Wildman–Crippen LogP) is 1.98. The van der Waals surface area contributed by atoms with Crippen molar-refractivity contribution in [2.24, 2.45) is 0 Å². The summed E-state index contributed by atoms with van der Waals surface area (Å²) in [5.74, 6) is -0.397. The van der Waals surface area contributed by atoms with Gasteiger partial charge in [0.25, 0.3) is 10.1 Å². The number of phenolic OH excluding ortho intramolecular Hbond substituents is 1. The molecule has 0 saturated heterocycles. The van der Waals surface area contributed by atoms with Crippen molar-refractivity contribution in [1.82, 2.24) is 0 Å². The number of aromatic hydroxyl groups is 1. The highest BCUT2D eigenvalue weighted by Gasteiger charge is 2.19. The fourth-order valence-corrected chi connectivity index (χ4v) is 2.27. The first kappa shape index (κ1) is 12.0. The molecule has 0 fully saturated rings. The van der Waals surface area contributed by atoms with Crippen LogP contribution in [0.15, 0.2) is 23.1 Å². The second-order valence-electron chi connectivity index (χ2n) is 3.34. The Morgan fingerprint density at radius 1 is 1.33 bits per heavy atom. The van der Waals surface area contributed by atoms with Gasteiger partial charge >= 0.3 is 0 Å². The van der Waals surface area contributed by atoms with Gasteiger partial charge in [-0.3, -0.25) is 4.55 Å². The molecule has 0 unspecified atom stereocenters. The summed E-state index contributed by atoms with van der Waals surface area (Å²) in [4.78, 5) is -0.363. The number of benzene rings is 1. The number of rotatable bonds is 4. The second-order valence-corrected chi connectivity index (χ2v) is 4.70. The van der Waals surface area contributed by atoms with Crippen LogP contribution in [0.5, 0.6) is 5.75 Å². The SMILES string of the molecule is CCCCc1cccc(O)c1S(=O)(=O)O. The third-order valence-electron chi connectivity index (χ3n) is 2.13. The first-order valence-corrected chi connectivity index (χ1v) is 6.19. The topological polar surface area (TPSA) is 74.6 Å². The van der Waals surface area contributed by atoms with Gasteiger partial charge in [-0.25, -0.2) is 0 Å². The highest BCUT2D eigenvalue weighted by Crippen LogP contribution is 2.27. The van der Waals surface area contributed by atoms with Crippen molar-refractivity contribution in [1.29, 1.82) is 0 Å². The molecule has 0 saturated carbocycles. The summed E-state index contributed by atoms with van der Waals surface area (Å²) in [5, 5.41) is 9.39. The molecule has 84 valence electrons. The molecule has 0 aromatic heterocycles. The molecule has 15 heavy (non-hydrogen) atoms. The molecule has 1 rings (SSSR count). The van der Waals surface area contributed by atoms with Crippen LogP contribution < -0.4 is 0 Å². The van der Waals surface area contributed by atoms with E-state index in [1.807, 2.05) is 6.92 Å². The fourth-order valence-electron chi connectivity index (χ4n) is 1.43. The highest BCUT2D eigenvalue weighted by molar-refractivity contribution is 7.86. The Kier molecular flexibility index (Phi) is 3.71. The quantitative estimate of drug-likeness (QED) is 0.775. The fraction of sp³-hybridized carbons (Fsp3) is 0.400. The molecule has 0 atom stereocenters. The van der Waals surface area contributed by atoms with Gasteiger partial charge in [0.1, 0.15) is 10.6 Å². The molecule has 4 nitrogen and oxygen atoms in total. The van der Waals surface area contributed by atoms with Crippen LogP contribution in [0.25, 0.3) is 0 Å². The van der Waals surface area contributed by atoms with Gasteiger partial charge in [0.05, 0.1) is 0 Å². The zero-order valence-corrected chi connectivity index (χ0v) is 9.29. The highest BCUT2D eigenvalue weighted by atomic mass is 32.2. The van der Waals surface area contributed by atoms with Crippen molar-refractivity contribution < 1.29 is 18.1 Å². The standard InChI is InChI=1S/C10H14O4S/c1-2-3-5-8-6-4-7-9(11)10(8)15(12,13)14/h4,6-7,11H,2-3,5H2,1H3,(H,12,13,14). The summed E-state index contributed by atoms with van der Waals surface area (Å²) < 4.78 is 31.0. The minimum atomic E-state index is -4.34. The van der Waals surface area contributed by atoms with Crippen molar-refractivity contribution in [2.45, 2.75) is 31.1 Å². The van der Waals surface area contributed by atoms with Crippen LogP contribution in [0.4, 0.5) is 0 Å². The molecule has 1 aromatic carbocycles. The monoisotopic (exact) mass is 230 g/mol. The van der Waals surface area contributed by atoms with E-state index in [0.717, 1.165) is 12.8 Å². The molecule has 0 heterocycles. The zero-order chi connectivity index (χ0) is 11.5. The summed E-state index contributed by atoms with van der Waals surface area (Å²) in [6.07, 6.45) is 2.26. The lowest BCUT2D eigenvalue weighted by molar-refractivity contribution is 0.440. The van der Waals surface area contributed by atoms with E-state index in [0.29, 0.717) is 12.0 Å². The average molecular weight is 230 g/mol. The summed E-state index contributed by atoms with van der Waals surface area (Å²) in [7, 11) is -4.34. The smallest absolute Gasteiger partial charge is 0.298 e. The Labute approximate surface area is 89.3 Å². The maximum absolute atomic E-state index is 11.0. The van der Waals surface area contributed by atoms with Gasteiger partial charge in [0.2, 0.25) is 0 Å². The van der Waals surface area contributed by atoms with E-state index in [-0.39, 0.29) is 4.90 Å². The van der Waals surface area contributed by atoms with Crippen LogP contribution in [0.2, 0.25) is 0 Å². The van der Waals surface area contributed by atoms with Crippen molar-refractivity contribution in [3.05, 3.63) is 23.8 Å². The van der Waals surface area contributed by atoms with Gasteiger partial charge in [-0.1, -0.05) is 25.5 Å². The number of aryl methyl sites for hydroxylation is 1. The van der Waals surface area contributed by atoms with Crippen molar-refractivity contribution in [2.75, 3.05) is 0 Å². The lowest BCUT2D eigenvalue weighted by Crippen LogP contribution is -2.03. The lowest BCUT2D eigenvalue weighted by Gasteiger charge is -2.07. The Hall–Kier alpha value is -1.07. The second kappa shape index (κ2) is 4.63. The van der Waals surface area contributed by atoms with E-state index in [1.165, 1.54) is 6.07 Å². The number of hydrogen-bond acceptors (Lipinski definition) is 3. The maximum Gasteiger partial charge on any atom is 0.298 e. The Morgan fingerprint density at radius 3 is 2.53 bits per heavy atom. The van der Waals surface area contributed by atoms with E-state index in [2.05, 4.69) is 0 Å². The maximum atomic E-state index is 11.0. The van der Waals surface area contributed by atoms with E-state index in [9.17, 15) is 13.5 Å². The van der Waals surface area contributed by atoms with Crippen LogP contribution in [-0.2, 0) is 16.5 Å². The number of phenols is 1. The van der Waals surface area contributed by atoms with Crippen molar-refractivity contribution in [3.63, 3.8) is 0 Å². The molecule has 5 heteroatoms. The Morgan fingerprint density at radius 2 is 2.00 bits per heavy atom. The molecule has 0 radical (unpaired) electrons. The van der Waals surface area contributed by atoms with E-state index in [4.69, 9.17) is 4.55 Å². The van der Waals surface area contributed by atoms with Crippen LogP contribution in [0.3, 0.4) is 0 Å². The molecule has 0 amide bonds. The lowest BCUT2D eigenvalue weighted by atomic mass is 10.1. The van der Waals surface area contributed by atoms with Gasteiger partial charge in [0.15, 0.2) is 0 Å². The van der Waals surface area contributed by atoms with Gasteiger partial charge in [-0.05, 0) is 24.5 Å². The molecule has 0 aliphatic rings. The third-order valence-corrected chi connectivity index (χ3v) is 3.12. The van der Waals surface area contributed by atoms with Gasteiger partial charge in [-0.15, -0.1) is 0 Å². The molecule has 0 spiro atoms. The third kappa shape index (κ3) is 2.94. The molecular weight excluding hydrogens is 216 g/mol. The average Bonchev–Trinajstić information content (AvgIpc) is 2.12. The van der Waals surface area contributed by atoms with Crippen molar-refractivity contribution in [3.8, 4) is 5.75 Å². The van der Waals surface area contributed by atoms with Gasteiger partial charge in [-0.2, -0.15) is 8.42 Å². The Bertz CT molecular complexity index is 437. The van der Waals surface area contributed by atoms with Gasteiger partial charge < -0.3 is 5.11 Å². The summed E-state index contributed by atoms with van der Waals surface area (Å²) >= 11 is 0. The molecule has 1 aromatic rings. The van der Waals surface area contributed by atoms with E-state index < -0.39 is 15.9 Å². The van der Waals surface area contributed by atoms with Gasteiger partial charge in [0, 0.05) is 0 Å². The molecule has 2 N–H and O–H groups in total. The molecule has 0 aliphatic carbocycles. The summed E-state index contributed by atoms with van der Waals surface area (Å²) in [6, 6.07) is 4.41. The number of unbranched alkanes of at least 4 members (excludes halogenated alkanes) is 1. The predicted molar refractivity (Wildman–Crippen MR) is 56.5 cm³/mol. The Balaban J connectivity index is 3.21. The molecule has 0 aliphatic heterocycles. The largest absolute Gasteiger partial charge is 0.506 e. The molecule has 0 bridgehead atoms. The minimum Gasteiger partial charge on any atom is -0.506 e. The van der Waals surface area contributed by atoms with E-state index >= 15 is 0 Å². The first-order chi connectivity index (χ1) is 6.96.